The lowest BCUT2D eigenvalue weighted by molar-refractivity contribution is -0.141. The number of rotatable bonds is 17. The number of pyridine rings is 1. The van der Waals surface area contributed by atoms with Gasteiger partial charge >= 0.3 is 0 Å². The van der Waals surface area contributed by atoms with E-state index in [2.05, 4.69) is 90.2 Å². The van der Waals surface area contributed by atoms with E-state index in [0.29, 0.717) is 58.9 Å². The minimum Gasteiger partial charge on any atom is -0.507 e. The first kappa shape index (κ1) is 61.8. The Morgan fingerprint density at radius 1 is 0.851 bits per heavy atom. The summed E-state index contributed by atoms with van der Waals surface area (Å²) in [7, 11) is 0. The predicted molar refractivity (Wildman–Crippen MR) is 346 cm³/mol. The van der Waals surface area contributed by atoms with Crippen LogP contribution in [-0.4, -0.2) is 147 Å². The molecule has 8 N–H and O–H groups in total. The fourth-order valence-corrected chi connectivity index (χ4v) is 16.1. The average Bonchev–Trinajstić information content (AvgIpc) is 2.12. The number of hydrogen-bond donors (Lipinski definition) is 5. The molecule has 2 bridgehead atoms. The monoisotopic (exact) mass is 1210 g/mol. The molecule has 2 aromatic carbocycles. The van der Waals surface area contributed by atoms with Crippen LogP contribution < -0.4 is 37.1 Å². The number of nitrogens with zero attached hydrogens (tertiary/aromatic N) is 9. The molecule has 7 aliphatic rings. The van der Waals surface area contributed by atoms with Crippen molar-refractivity contribution in [2.75, 3.05) is 75.2 Å². The van der Waals surface area contributed by atoms with Crippen molar-refractivity contribution in [1.82, 2.24) is 40.0 Å². The molecule has 87 heavy (non-hydrogen) atoms. The highest BCUT2D eigenvalue weighted by atomic mass is 32.1. The van der Waals surface area contributed by atoms with Gasteiger partial charge in [-0.3, -0.25) is 9.59 Å². The highest BCUT2D eigenvalue weighted by molar-refractivity contribution is 7.13. The van der Waals surface area contributed by atoms with Gasteiger partial charge in [0.05, 0.1) is 27.8 Å². The lowest BCUT2D eigenvalue weighted by Gasteiger charge is -2.53. The lowest BCUT2D eigenvalue weighted by Crippen LogP contribution is -2.54. The van der Waals surface area contributed by atoms with E-state index in [9.17, 15) is 14.7 Å². The van der Waals surface area contributed by atoms with Crippen LogP contribution in [0.25, 0.3) is 16.1 Å². The first-order valence-electron chi connectivity index (χ1n) is 32.5. The van der Waals surface area contributed by atoms with Crippen LogP contribution in [0.5, 0.6) is 11.6 Å². The number of thiazole rings is 1. The van der Waals surface area contributed by atoms with Gasteiger partial charge in [-0.05, 0) is 170 Å². The maximum Gasteiger partial charge on any atom is 0.243 e. The number of hydrogen-bond acceptors (Lipinski definition) is 17. The second-order valence-corrected chi connectivity index (χ2v) is 27.3. The Kier molecular flexibility index (Phi) is 19.4. The number of allylic oxidation sites excluding steroid dienone is 1. The molecule has 6 aliphatic heterocycles. The van der Waals surface area contributed by atoms with E-state index in [-0.39, 0.29) is 53.5 Å². The van der Waals surface area contributed by atoms with Crippen LogP contribution in [0, 0.1) is 24.2 Å². The van der Waals surface area contributed by atoms with Crippen LogP contribution in [0.15, 0.2) is 101 Å². The number of para-hydroxylation sites is 1. The number of piperazine rings is 1. The molecular formula is C68H95N13O5S. The zero-order valence-electron chi connectivity index (χ0n) is 52.3. The van der Waals surface area contributed by atoms with Gasteiger partial charge in [0.15, 0.2) is 11.6 Å². The zero-order valence-corrected chi connectivity index (χ0v) is 53.1. The zero-order chi connectivity index (χ0) is 60.9. The Hall–Kier alpha value is -6.83. The van der Waals surface area contributed by atoms with E-state index in [4.69, 9.17) is 31.4 Å². The molecule has 3 aromatic heterocycles. The number of carbonyl (C=O) groups excluding carboxylic acids is 2. The number of likely N-dealkylation sites (tertiary alicyclic amines) is 4. The average molecular weight is 1210 g/mol. The van der Waals surface area contributed by atoms with Gasteiger partial charge in [-0.25, -0.2) is 9.97 Å². The third-order valence-corrected chi connectivity index (χ3v) is 21.0. The number of ether oxygens (including phenoxy) is 1. The van der Waals surface area contributed by atoms with Crippen molar-refractivity contribution in [2.45, 2.75) is 167 Å². The molecule has 1 aliphatic carbocycles. The highest BCUT2D eigenvalue weighted by Crippen LogP contribution is 2.51. The number of fused-ring (bicyclic) bond motifs is 2. The lowest BCUT2D eigenvalue weighted by atomic mass is 9.61. The molecule has 468 valence electrons. The van der Waals surface area contributed by atoms with Crippen LogP contribution in [0.3, 0.4) is 0 Å². The third kappa shape index (κ3) is 13.9. The van der Waals surface area contributed by atoms with Crippen LogP contribution in [-0.2, 0) is 9.59 Å². The topological polar surface area (TPSA) is 225 Å². The molecule has 5 aromatic rings. The predicted octanol–water partition coefficient (Wildman–Crippen LogP) is 9.98. The minimum absolute atomic E-state index is 0.0309. The number of phenolic OH excluding ortho intramolecular Hbond substituents is 1. The molecule has 9 heterocycles. The van der Waals surface area contributed by atoms with Crippen LogP contribution in [0.1, 0.15) is 153 Å². The van der Waals surface area contributed by atoms with Gasteiger partial charge < -0.3 is 66.3 Å². The van der Waals surface area contributed by atoms with Crippen LogP contribution in [0.2, 0.25) is 0 Å². The second kappa shape index (κ2) is 27.3. The Morgan fingerprint density at radius 2 is 1.55 bits per heavy atom. The van der Waals surface area contributed by atoms with Gasteiger partial charge in [0, 0.05) is 92.7 Å². The summed E-state index contributed by atoms with van der Waals surface area (Å²) in [6, 6.07) is 22.1. The first-order chi connectivity index (χ1) is 42.1. The summed E-state index contributed by atoms with van der Waals surface area (Å²) in [6.45, 7) is 22.1. The number of amides is 2. The molecule has 0 radical (unpaired) electrons. The molecule has 7 fully saturated rings. The molecule has 19 heteroatoms. The van der Waals surface area contributed by atoms with E-state index in [1.807, 2.05) is 51.5 Å². The summed E-state index contributed by atoms with van der Waals surface area (Å²) in [6.07, 6.45) is 18.1. The first-order valence-corrected chi connectivity index (χ1v) is 33.4. The largest absolute Gasteiger partial charge is 0.507 e. The number of phenols is 1. The Labute approximate surface area is 519 Å². The quantitative estimate of drug-likeness (QED) is 0.0546. The molecule has 2 amide bonds. The maximum atomic E-state index is 14.4. The summed E-state index contributed by atoms with van der Waals surface area (Å²) in [5, 5.41) is 18.2. The van der Waals surface area contributed by atoms with E-state index in [1.54, 1.807) is 40.5 Å². The standard InChI is InChI=1S/C65H87N13O5S.C3H8/c1-41(2)60(64(81)77-25-7-9-54(77)63(80)71-42(3)45-11-13-46(14-12-45)61-43(4)70-40-84-61)57-34-58(72-83-57)75-28-18-44(19-29-75)37-73-26-20-47(21-27-73)74-30-22-65(23-31-74)35-51(36-65)82-59-32-48(17-24-69-59)78-49-15-16-50(78)39-76(38-49)55(62(67)68)33-53(66)52-8-5-6-10-56(52)79;1-3-2/h5-6,8,10-14,17,24,32-34,40-42,44,47,49-51,54,60,79H,7,9,15-16,18-23,25-31,35-39,66-68H2,1-4H3,(H,71,80);3H2,1-2H3/b53-33-;. The van der Waals surface area contributed by atoms with Gasteiger partial charge in [0.1, 0.15) is 29.6 Å². The molecule has 1 saturated carbocycles. The van der Waals surface area contributed by atoms with Crippen molar-refractivity contribution in [3.05, 3.63) is 119 Å². The summed E-state index contributed by atoms with van der Waals surface area (Å²) >= 11 is 1.63. The fraction of sp³-hybridized carbons (Fsp3) is 0.574. The minimum atomic E-state index is -0.522. The highest BCUT2D eigenvalue weighted by Gasteiger charge is 2.49. The molecule has 18 nitrogen and oxygen atoms in total. The number of benzene rings is 2. The summed E-state index contributed by atoms with van der Waals surface area (Å²) < 4.78 is 12.6. The summed E-state index contributed by atoms with van der Waals surface area (Å²) in [5.41, 5.74) is 27.2. The second-order valence-electron chi connectivity index (χ2n) is 26.5. The van der Waals surface area contributed by atoms with Gasteiger partial charge in [-0.2, -0.15) is 0 Å². The normalized spacial score (nSPS) is 22.9. The number of carbonyl (C=O) groups is 2. The molecule has 1 spiro atoms. The van der Waals surface area contributed by atoms with Crippen molar-refractivity contribution in [2.24, 2.45) is 34.5 Å². The number of aryl methyl sites for hydroxylation is 1. The fourth-order valence-electron chi connectivity index (χ4n) is 15.2. The van der Waals surface area contributed by atoms with E-state index in [0.717, 1.165) is 124 Å². The number of piperidine rings is 3. The van der Waals surface area contributed by atoms with Gasteiger partial charge in [0.25, 0.3) is 0 Å². The van der Waals surface area contributed by atoms with Crippen molar-refractivity contribution >= 4 is 40.4 Å². The summed E-state index contributed by atoms with van der Waals surface area (Å²) in [4.78, 5) is 52.9. The van der Waals surface area contributed by atoms with Gasteiger partial charge in [-0.1, -0.05) is 75.7 Å². The Morgan fingerprint density at radius 3 is 2.21 bits per heavy atom. The number of aromatic hydroxyl groups is 1. The number of aromatic nitrogens is 3. The Bertz CT molecular complexity index is 3170. The number of nitrogens with two attached hydrogens (primary N) is 3. The Balaban J connectivity index is 0.00000256. The van der Waals surface area contributed by atoms with Crippen LogP contribution in [0.4, 0.5) is 11.5 Å². The maximum absolute atomic E-state index is 14.4. The number of anilines is 2. The molecular weight excluding hydrogens is 1110 g/mol. The van der Waals surface area contributed by atoms with E-state index < -0.39 is 12.0 Å². The number of nitrogens with one attached hydrogen (secondary N) is 1. The van der Waals surface area contributed by atoms with Crippen molar-refractivity contribution in [3.63, 3.8) is 0 Å². The summed E-state index contributed by atoms with van der Waals surface area (Å²) in [5.74, 6) is 2.35. The van der Waals surface area contributed by atoms with Crippen molar-refractivity contribution in [1.29, 1.82) is 0 Å². The van der Waals surface area contributed by atoms with Gasteiger partial charge in [0.2, 0.25) is 17.7 Å². The molecule has 12 rings (SSSR count). The van der Waals surface area contributed by atoms with Crippen molar-refractivity contribution in [3.8, 4) is 22.1 Å². The third-order valence-electron chi connectivity index (χ3n) is 20.0. The SMILES string of the molecule is CCC.Cc1ncsc1-c1ccc(C(C)NC(=O)C2CCCN2C(=O)C(c2cc(N3CCC(CN4CCC(N5CCC6(CC5)CC(Oc5cc(N7C8CCC7CN(C(/C=C(\N)c7ccccc7O)=C(N)N)C8)ccn5)C6)CC4)CC3)no2)C(C)C)cc1. The van der Waals surface area contributed by atoms with E-state index in [1.165, 1.54) is 45.2 Å². The molecule has 5 atom stereocenters. The molecule has 5 unspecified atom stereocenters. The smallest absolute Gasteiger partial charge is 0.243 e. The van der Waals surface area contributed by atoms with Gasteiger partial charge in [-0.15, -0.1) is 11.3 Å². The van der Waals surface area contributed by atoms with Crippen molar-refractivity contribution < 1.29 is 24.0 Å². The van der Waals surface area contributed by atoms with Crippen LogP contribution >= 0.6 is 11.3 Å². The van der Waals surface area contributed by atoms with E-state index >= 15 is 0 Å². The molecule has 6 saturated heterocycles.